The summed E-state index contributed by atoms with van der Waals surface area (Å²) >= 11 is 0. The highest BCUT2D eigenvalue weighted by Gasteiger charge is 2.77. The van der Waals surface area contributed by atoms with Crippen LogP contribution in [0.2, 0.25) is 0 Å². The lowest BCUT2D eigenvalue weighted by atomic mass is 9.42. The maximum atomic E-state index is 15.3. The molecule has 0 aromatic heterocycles. The number of hydrogen-bond acceptors (Lipinski definition) is 10. The molecule has 3 fully saturated rings. The summed E-state index contributed by atoms with van der Waals surface area (Å²) in [6, 6.07) is 16.8. The van der Waals surface area contributed by atoms with E-state index in [2.05, 4.69) is 5.32 Å². The van der Waals surface area contributed by atoms with Gasteiger partial charge in [0.1, 0.15) is 29.7 Å². The van der Waals surface area contributed by atoms with E-state index in [1.165, 1.54) is 13.8 Å². The van der Waals surface area contributed by atoms with E-state index in [9.17, 15) is 24.3 Å². The van der Waals surface area contributed by atoms with E-state index in [-0.39, 0.29) is 36.2 Å². The van der Waals surface area contributed by atoms with Gasteiger partial charge in [0.25, 0.3) is 0 Å². The Labute approximate surface area is 317 Å². The normalized spacial score (nSPS) is 35.0. The molecule has 3 aliphatic carbocycles. The third-order valence-corrected chi connectivity index (χ3v) is 13.3. The minimum atomic E-state index is -1.97. The van der Waals surface area contributed by atoms with Crippen LogP contribution in [0.4, 0.5) is 0 Å². The molecule has 11 heteroatoms. The predicted octanol–water partition coefficient (Wildman–Crippen LogP) is 5.70. The maximum absolute atomic E-state index is 15.3. The Morgan fingerprint density at radius 2 is 1.56 bits per heavy atom. The fraction of sp³-hybridized carbons (Fsp3) is 0.558. The first kappa shape index (κ1) is 39.3. The monoisotopic (exact) mass is 743 g/mol. The Morgan fingerprint density at radius 1 is 0.944 bits per heavy atom. The van der Waals surface area contributed by atoms with Gasteiger partial charge in [-0.2, -0.15) is 0 Å². The van der Waals surface area contributed by atoms with Crippen molar-refractivity contribution in [3.05, 3.63) is 82.9 Å². The van der Waals surface area contributed by atoms with Crippen LogP contribution in [-0.2, 0) is 38.1 Å². The van der Waals surface area contributed by atoms with Crippen molar-refractivity contribution in [1.82, 2.24) is 5.32 Å². The molecule has 6 rings (SSSR count). The molecule has 2 aromatic carbocycles. The van der Waals surface area contributed by atoms with Gasteiger partial charge in [-0.3, -0.25) is 19.2 Å². The Morgan fingerprint density at radius 3 is 2.11 bits per heavy atom. The number of esters is 3. The molecule has 1 saturated heterocycles. The fourth-order valence-electron chi connectivity index (χ4n) is 10.3. The highest BCUT2D eigenvalue weighted by Crippen LogP contribution is 2.66. The van der Waals surface area contributed by atoms with Gasteiger partial charge in [-0.15, -0.1) is 0 Å². The molecule has 54 heavy (non-hydrogen) atoms. The van der Waals surface area contributed by atoms with Crippen molar-refractivity contribution in [3.8, 4) is 0 Å². The molecule has 4 aliphatic rings. The van der Waals surface area contributed by atoms with Crippen LogP contribution >= 0.6 is 0 Å². The van der Waals surface area contributed by atoms with Crippen molar-refractivity contribution in [2.45, 2.75) is 111 Å². The van der Waals surface area contributed by atoms with Gasteiger partial charge >= 0.3 is 17.9 Å². The van der Waals surface area contributed by atoms with Crippen molar-refractivity contribution in [2.75, 3.05) is 6.61 Å². The zero-order chi connectivity index (χ0) is 39.5. The zero-order valence-electron chi connectivity index (χ0n) is 32.6. The molecule has 2 aromatic rings. The minimum Gasteiger partial charge on any atom is -0.457 e. The predicted molar refractivity (Wildman–Crippen MR) is 198 cm³/mol. The first-order chi connectivity index (χ1) is 25.3. The van der Waals surface area contributed by atoms with Gasteiger partial charge in [0, 0.05) is 37.0 Å². The van der Waals surface area contributed by atoms with E-state index in [0.29, 0.717) is 23.1 Å². The molecule has 1 heterocycles. The number of aliphatic hydroxyl groups is 1. The molecule has 1 aliphatic heterocycles. The summed E-state index contributed by atoms with van der Waals surface area (Å²) in [7, 11) is 0. The molecular formula is C43H53NO10. The lowest BCUT2D eigenvalue weighted by Crippen LogP contribution is -2.80. The van der Waals surface area contributed by atoms with E-state index in [4.69, 9.17) is 18.9 Å². The standard InChI is InChI=1S/C43H53NO10/c1-23-20-32-42(22-51-32,54-28(6)46)35-37(53-39(49)30-18-14-11-15-19-30)43(50)21-31(24(2)33(40(43,7)8)25(3)36(47)41(23,35)9)52-38(48)26(4)34(44-27(5)45)29-16-12-10-13-17-29/h10-19,23,25-26,31-32,34-35,37,50H,20-22H2,1-9H3,(H,44,45)/t23-,25+,26+,31-,32+,34+,35?,37-,41+,42-,43+/m0/s1. The Kier molecular flexibility index (Phi) is 10.2. The number of nitrogens with one attached hydrogen (secondary N) is 1. The second kappa shape index (κ2) is 14.1. The molecule has 0 spiro atoms. The first-order valence-corrected chi connectivity index (χ1v) is 18.9. The van der Waals surface area contributed by atoms with Gasteiger partial charge in [-0.1, -0.05) is 83.1 Å². The van der Waals surface area contributed by atoms with Crippen molar-refractivity contribution < 1.29 is 48.0 Å². The largest absolute Gasteiger partial charge is 0.457 e. The van der Waals surface area contributed by atoms with Crippen LogP contribution in [0.5, 0.6) is 0 Å². The van der Waals surface area contributed by atoms with Gasteiger partial charge < -0.3 is 29.4 Å². The van der Waals surface area contributed by atoms with E-state index >= 15 is 4.79 Å². The number of ether oxygens (including phenoxy) is 4. The van der Waals surface area contributed by atoms with E-state index in [1.54, 1.807) is 37.3 Å². The Hall–Kier alpha value is -4.35. The lowest BCUT2D eigenvalue weighted by Gasteiger charge is -2.68. The van der Waals surface area contributed by atoms with Crippen LogP contribution in [-0.4, -0.2) is 70.8 Å². The number of hydrogen-bond donors (Lipinski definition) is 2. The van der Waals surface area contributed by atoms with Crippen LogP contribution < -0.4 is 5.32 Å². The SMILES string of the molecule is CC(=O)N[C@@H](c1ccccc1)[C@@H](C)C(=O)O[C@H]1C[C@@]2(O)[C@@H](OC(=O)c3ccccc3)C3[C@](C)(C(=O)[C@H](C)C(=C1C)C2(C)C)[C@@H](C)C[C@H]1OC[C@@]31OC(C)=O. The average Bonchev–Trinajstić information content (AvgIpc) is 3.12. The summed E-state index contributed by atoms with van der Waals surface area (Å²) in [6.07, 6.45) is -2.88. The Balaban J connectivity index is 1.52. The van der Waals surface area contributed by atoms with Crippen molar-refractivity contribution in [2.24, 2.45) is 34.5 Å². The Bertz CT molecular complexity index is 1860. The van der Waals surface area contributed by atoms with Gasteiger partial charge in [0.2, 0.25) is 5.91 Å². The number of carbonyl (C=O) groups is 5. The van der Waals surface area contributed by atoms with Crippen LogP contribution in [0.25, 0.3) is 0 Å². The van der Waals surface area contributed by atoms with E-state index in [0.717, 1.165) is 0 Å². The highest BCUT2D eigenvalue weighted by molar-refractivity contribution is 5.92. The highest BCUT2D eigenvalue weighted by atomic mass is 16.6. The molecule has 11 atom stereocenters. The summed E-state index contributed by atoms with van der Waals surface area (Å²) in [5, 5.41) is 16.5. The molecule has 2 saturated carbocycles. The quantitative estimate of drug-likeness (QED) is 0.196. The molecule has 1 unspecified atom stereocenters. The number of fused-ring (bicyclic) bond motifs is 5. The fourth-order valence-corrected chi connectivity index (χ4v) is 10.3. The van der Waals surface area contributed by atoms with Gasteiger partial charge in [-0.05, 0) is 55.0 Å². The summed E-state index contributed by atoms with van der Waals surface area (Å²) < 4.78 is 25.1. The minimum absolute atomic E-state index is 0.0521. The summed E-state index contributed by atoms with van der Waals surface area (Å²) in [5.74, 6) is -5.40. The molecule has 2 N–H and O–H groups in total. The zero-order valence-corrected chi connectivity index (χ0v) is 32.6. The average molecular weight is 744 g/mol. The van der Waals surface area contributed by atoms with Gasteiger partial charge in [0.15, 0.2) is 5.60 Å². The second-order valence-corrected chi connectivity index (χ2v) is 16.7. The van der Waals surface area contributed by atoms with Crippen LogP contribution in [0.3, 0.4) is 0 Å². The second-order valence-electron chi connectivity index (χ2n) is 16.7. The lowest BCUT2D eigenvalue weighted by molar-refractivity contribution is -0.339. The van der Waals surface area contributed by atoms with Gasteiger partial charge in [0.05, 0.1) is 30.0 Å². The van der Waals surface area contributed by atoms with Crippen LogP contribution in [0, 0.1) is 34.5 Å². The maximum Gasteiger partial charge on any atom is 0.338 e. The van der Waals surface area contributed by atoms with Crippen LogP contribution in [0.15, 0.2) is 71.8 Å². The number of Topliss-reactive ketones (excluding diaryl/α,β-unsaturated/α-hetero) is 1. The molecule has 1 amide bonds. The molecule has 290 valence electrons. The number of amides is 1. The topological polar surface area (TPSA) is 155 Å². The summed E-state index contributed by atoms with van der Waals surface area (Å²) in [5.41, 5.74) is -3.68. The summed E-state index contributed by atoms with van der Waals surface area (Å²) in [4.78, 5) is 68.9. The smallest absolute Gasteiger partial charge is 0.338 e. The number of carbonyl (C=O) groups excluding carboxylic acids is 5. The molecule has 11 nitrogen and oxygen atoms in total. The van der Waals surface area contributed by atoms with E-state index < -0.39 is 82.0 Å². The summed E-state index contributed by atoms with van der Waals surface area (Å²) in [6.45, 7) is 15.4. The molecule has 0 radical (unpaired) electrons. The van der Waals surface area contributed by atoms with Crippen molar-refractivity contribution in [1.29, 1.82) is 0 Å². The number of rotatable bonds is 8. The number of benzene rings is 2. The van der Waals surface area contributed by atoms with E-state index in [1.807, 2.05) is 71.9 Å². The van der Waals surface area contributed by atoms with Crippen molar-refractivity contribution in [3.63, 3.8) is 0 Å². The number of ketones is 1. The van der Waals surface area contributed by atoms with Crippen LogP contribution in [0.1, 0.15) is 97.1 Å². The van der Waals surface area contributed by atoms with Gasteiger partial charge in [-0.25, -0.2) is 4.79 Å². The third-order valence-electron chi connectivity index (χ3n) is 13.3. The third kappa shape index (κ3) is 6.08. The first-order valence-electron chi connectivity index (χ1n) is 18.9. The molecule has 2 bridgehead atoms. The van der Waals surface area contributed by atoms with Crippen molar-refractivity contribution >= 4 is 29.6 Å². The molecular weight excluding hydrogens is 690 g/mol.